The number of hydrogen-bond donors (Lipinski definition) is 0. The highest BCUT2D eigenvalue weighted by molar-refractivity contribution is 6.01. The number of aromatic nitrogens is 4. The Balaban J connectivity index is 1.31. The molecular formula is C37H26N4. The minimum absolute atomic E-state index is 0.932. The maximum absolute atomic E-state index is 5.22. The zero-order valence-corrected chi connectivity index (χ0v) is 22.6. The van der Waals surface area contributed by atoms with Crippen LogP contribution in [0, 0.1) is 6.92 Å². The number of rotatable bonds is 4. The van der Waals surface area contributed by atoms with Gasteiger partial charge in [0.15, 0.2) is 0 Å². The Bertz CT molecular complexity index is 2190. The second-order valence-corrected chi connectivity index (χ2v) is 10.4. The Labute approximate surface area is 237 Å². The molecule has 8 rings (SSSR count). The second-order valence-electron chi connectivity index (χ2n) is 10.4. The van der Waals surface area contributed by atoms with Crippen LogP contribution in [0.4, 0.5) is 0 Å². The number of aryl methyl sites for hydroxylation is 1. The number of hydrogen-bond acceptors (Lipinski definition) is 2. The first-order chi connectivity index (χ1) is 20.3. The van der Waals surface area contributed by atoms with Crippen molar-refractivity contribution >= 4 is 21.9 Å². The molecule has 0 aliphatic heterocycles. The Morgan fingerprint density at radius 2 is 1.20 bits per heavy atom. The highest BCUT2D eigenvalue weighted by Crippen LogP contribution is 2.37. The van der Waals surface area contributed by atoms with Crippen LogP contribution >= 0.6 is 0 Å². The van der Waals surface area contributed by atoms with Gasteiger partial charge in [-0.05, 0) is 30.5 Å². The number of benzene rings is 4. The summed E-state index contributed by atoms with van der Waals surface area (Å²) in [4.78, 5) is 5.00. The SMILES string of the molecule is Cc1c(-c2ccc(-c3c(-c4ccccc4)nc4ccccn34)cc2)nn2c(-c3ccccc3)cc3ccccc3c12. The summed E-state index contributed by atoms with van der Waals surface area (Å²) in [7, 11) is 0. The predicted octanol–water partition coefficient (Wildman–Crippen LogP) is 9.11. The second kappa shape index (κ2) is 9.32. The van der Waals surface area contributed by atoms with Gasteiger partial charge >= 0.3 is 0 Å². The van der Waals surface area contributed by atoms with Gasteiger partial charge in [-0.25, -0.2) is 9.50 Å². The van der Waals surface area contributed by atoms with Crippen molar-refractivity contribution in [3.8, 4) is 45.0 Å². The zero-order valence-electron chi connectivity index (χ0n) is 22.6. The van der Waals surface area contributed by atoms with Crippen LogP contribution in [0.25, 0.3) is 67.0 Å². The van der Waals surface area contributed by atoms with E-state index in [9.17, 15) is 0 Å². The maximum Gasteiger partial charge on any atom is 0.137 e. The van der Waals surface area contributed by atoms with E-state index in [1.54, 1.807) is 0 Å². The molecule has 0 saturated carbocycles. The fourth-order valence-electron chi connectivity index (χ4n) is 5.98. The van der Waals surface area contributed by atoms with Gasteiger partial charge in [0.05, 0.1) is 28.3 Å². The van der Waals surface area contributed by atoms with Crippen molar-refractivity contribution in [3.05, 3.63) is 145 Å². The molecule has 4 aromatic carbocycles. The molecule has 8 aromatic rings. The fourth-order valence-corrected chi connectivity index (χ4v) is 5.98. The maximum atomic E-state index is 5.22. The Hall–Kier alpha value is -5.48. The first-order valence-electron chi connectivity index (χ1n) is 13.9. The lowest BCUT2D eigenvalue weighted by Crippen LogP contribution is -1.95. The molecule has 0 radical (unpaired) electrons. The molecule has 0 atom stereocenters. The summed E-state index contributed by atoms with van der Waals surface area (Å²) in [6, 6.07) is 46.6. The molecule has 4 nitrogen and oxygen atoms in total. The summed E-state index contributed by atoms with van der Waals surface area (Å²) in [5.74, 6) is 0. The quantitative estimate of drug-likeness (QED) is 0.229. The summed E-state index contributed by atoms with van der Waals surface area (Å²) < 4.78 is 4.29. The Morgan fingerprint density at radius 3 is 1.98 bits per heavy atom. The number of imidazole rings is 1. The average molecular weight is 527 g/mol. The van der Waals surface area contributed by atoms with Crippen molar-refractivity contribution in [1.82, 2.24) is 19.0 Å². The van der Waals surface area contributed by atoms with Crippen LogP contribution < -0.4 is 0 Å². The van der Waals surface area contributed by atoms with Gasteiger partial charge in [0.1, 0.15) is 5.65 Å². The van der Waals surface area contributed by atoms with E-state index in [0.717, 1.165) is 56.2 Å². The third-order valence-corrected chi connectivity index (χ3v) is 7.94. The molecule has 41 heavy (non-hydrogen) atoms. The molecule has 0 aliphatic rings. The van der Waals surface area contributed by atoms with E-state index in [4.69, 9.17) is 10.1 Å². The summed E-state index contributed by atoms with van der Waals surface area (Å²) >= 11 is 0. The van der Waals surface area contributed by atoms with Crippen molar-refractivity contribution in [2.75, 3.05) is 0 Å². The van der Waals surface area contributed by atoms with E-state index in [0.29, 0.717) is 0 Å². The van der Waals surface area contributed by atoms with Gasteiger partial charge in [-0.15, -0.1) is 0 Å². The van der Waals surface area contributed by atoms with Crippen LogP contribution in [0.5, 0.6) is 0 Å². The highest BCUT2D eigenvalue weighted by atomic mass is 15.2. The molecule has 0 saturated heterocycles. The van der Waals surface area contributed by atoms with Crippen LogP contribution in [0.15, 0.2) is 140 Å². The van der Waals surface area contributed by atoms with Gasteiger partial charge in [0, 0.05) is 39.4 Å². The molecule has 0 bridgehead atoms. The minimum Gasteiger partial charge on any atom is -0.299 e. The summed E-state index contributed by atoms with van der Waals surface area (Å²) in [6.45, 7) is 2.19. The van der Waals surface area contributed by atoms with Crippen LogP contribution in [-0.2, 0) is 0 Å². The fraction of sp³-hybridized carbons (Fsp3) is 0.0270. The predicted molar refractivity (Wildman–Crippen MR) is 168 cm³/mol. The first-order valence-corrected chi connectivity index (χ1v) is 13.9. The van der Waals surface area contributed by atoms with Gasteiger partial charge in [-0.3, -0.25) is 4.40 Å². The van der Waals surface area contributed by atoms with Crippen LogP contribution in [0.2, 0.25) is 0 Å². The number of pyridine rings is 2. The number of nitrogens with zero attached hydrogens (tertiary/aromatic N) is 4. The van der Waals surface area contributed by atoms with E-state index in [1.807, 2.05) is 12.1 Å². The molecule has 0 unspecified atom stereocenters. The van der Waals surface area contributed by atoms with Gasteiger partial charge < -0.3 is 0 Å². The van der Waals surface area contributed by atoms with Gasteiger partial charge in [0.2, 0.25) is 0 Å². The molecule has 0 spiro atoms. The van der Waals surface area contributed by atoms with Crippen LogP contribution in [-0.4, -0.2) is 19.0 Å². The summed E-state index contributed by atoms with van der Waals surface area (Å²) in [6.07, 6.45) is 2.08. The minimum atomic E-state index is 0.932. The first kappa shape index (κ1) is 23.4. The lowest BCUT2D eigenvalue weighted by Gasteiger charge is -2.09. The lowest BCUT2D eigenvalue weighted by atomic mass is 10.0. The van der Waals surface area contributed by atoms with E-state index < -0.39 is 0 Å². The standard InChI is InChI=1S/C37H26N4/c1-25-34(39-41-32(26-12-4-2-5-13-26)24-30-16-8-9-17-31(30)36(25)41)28-19-21-29(22-20-28)37-35(27-14-6-3-7-15-27)38-33-18-10-11-23-40(33)37/h2-24H,1H3. The molecule has 0 fully saturated rings. The van der Waals surface area contributed by atoms with Crippen LogP contribution in [0.3, 0.4) is 0 Å². The topological polar surface area (TPSA) is 34.6 Å². The molecule has 0 N–H and O–H groups in total. The van der Waals surface area contributed by atoms with E-state index >= 15 is 0 Å². The van der Waals surface area contributed by atoms with E-state index in [1.165, 1.54) is 16.3 Å². The Kier molecular flexibility index (Phi) is 5.32. The molecule has 4 aromatic heterocycles. The van der Waals surface area contributed by atoms with Crippen molar-refractivity contribution < 1.29 is 0 Å². The monoisotopic (exact) mass is 526 g/mol. The van der Waals surface area contributed by atoms with Crippen molar-refractivity contribution in [1.29, 1.82) is 0 Å². The van der Waals surface area contributed by atoms with Gasteiger partial charge in [0.25, 0.3) is 0 Å². The average Bonchev–Trinajstić information content (AvgIpc) is 3.60. The molecule has 4 heteroatoms. The summed E-state index contributed by atoms with van der Waals surface area (Å²) in [5, 5.41) is 7.64. The zero-order chi connectivity index (χ0) is 27.3. The third-order valence-electron chi connectivity index (χ3n) is 7.94. The normalized spacial score (nSPS) is 11.5. The Morgan fingerprint density at radius 1 is 0.561 bits per heavy atom. The van der Waals surface area contributed by atoms with Gasteiger partial charge in [-0.2, -0.15) is 5.10 Å². The molecule has 194 valence electrons. The van der Waals surface area contributed by atoms with Crippen molar-refractivity contribution in [3.63, 3.8) is 0 Å². The molecular weight excluding hydrogens is 500 g/mol. The van der Waals surface area contributed by atoms with E-state index in [-0.39, 0.29) is 0 Å². The smallest absolute Gasteiger partial charge is 0.137 e. The largest absolute Gasteiger partial charge is 0.299 e. The van der Waals surface area contributed by atoms with Gasteiger partial charge in [-0.1, -0.05) is 115 Å². The summed E-state index contributed by atoms with van der Waals surface area (Å²) in [5.41, 5.74) is 11.9. The van der Waals surface area contributed by atoms with Crippen molar-refractivity contribution in [2.45, 2.75) is 6.92 Å². The molecule has 0 aliphatic carbocycles. The van der Waals surface area contributed by atoms with Crippen molar-refractivity contribution in [2.24, 2.45) is 0 Å². The molecule has 0 amide bonds. The van der Waals surface area contributed by atoms with Crippen LogP contribution in [0.1, 0.15) is 5.56 Å². The third kappa shape index (κ3) is 3.76. The van der Waals surface area contributed by atoms with E-state index in [2.05, 4.69) is 143 Å². The highest BCUT2D eigenvalue weighted by Gasteiger charge is 2.19. The number of fused-ring (bicyclic) bond motifs is 4. The lowest BCUT2D eigenvalue weighted by molar-refractivity contribution is 0.979. The molecule has 4 heterocycles.